The molecule has 25 heavy (non-hydrogen) atoms. The van der Waals surface area contributed by atoms with Gasteiger partial charge in [0.2, 0.25) is 5.91 Å². The fourth-order valence-corrected chi connectivity index (χ4v) is 3.72. The minimum Gasteiger partial charge on any atom is -0.363 e. The van der Waals surface area contributed by atoms with Gasteiger partial charge < -0.3 is 4.90 Å². The summed E-state index contributed by atoms with van der Waals surface area (Å²) in [7, 11) is 3.80. The lowest BCUT2D eigenvalue weighted by Gasteiger charge is -2.29. The van der Waals surface area contributed by atoms with Crippen molar-refractivity contribution >= 4 is 46.2 Å². The fraction of sp³-hybridized carbons (Fsp3) is 0.562. The first-order valence-corrected chi connectivity index (χ1v) is 10.5. The Labute approximate surface area is 163 Å². The molecule has 0 spiro atoms. The van der Waals surface area contributed by atoms with E-state index in [2.05, 4.69) is 41.2 Å². The lowest BCUT2D eigenvalue weighted by Crippen LogP contribution is -2.44. The van der Waals surface area contributed by atoms with Crippen LogP contribution in [-0.2, 0) is 4.79 Å². The molecule has 0 radical (unpaired) electrons. The van der Waals surface area contributed by atoms with Crippen LogP contribution in [0.3, 0.4) is 0 Å². The minimum absolute atomic E-state index is 0.0791. The molecule has 1 aliphatic carbocycles. The third-order valence-corrected chi connectivity index (χ3v) is 6.28. The number of rotatable bonds is 9. The van der Waals surface area contributed by atoms with Crippen LogP contribution in [0.2, 0.25) is 0 Å². The zero-order chi connectivity index (χ0) is 18.4. The van der Waals surface area contributed by atoms with Crippen LogP contribution in [-0.4, -0.2) is 57.7 Å². The molecule has 2 N–H and O–H groups in total. The van der Waals surface area contributed by atoms with Crippen molar-refractivity contribution in [3.05, 3.63) is 28.9 Å². The number of thiocarbonyl (C=S) groups is 1. The topological polar surface area (TPSA) is 60.5 Å². The highest BCUT2D eigenvalue weighted by Crippen LogP contribution is 2.37. The quantitative estimate of drug-likeness (QED) is 0.286. The van der Waals surface area contributed by atoms with Crippen LogP contribution in [0.25, 0.3) is 0 Å². The highest BCUT2D eigenvalue weighted by molar-refractivity contribution is 7.99. The van der Waals surface area contributed by atoms with Crippen molar-refractivity contribution in [1.82, 2.24) is 25.6 Å². The van der Waals surface area contributed by atoms with Crippen LogP contribution in [0.5, 0.6) is 0 Å². The summed E-state index contributed by atoms with van der Waals surface area (Å²) < 4.78 is 0. The number of allylic oxidation sites excluding steroid dienone is 1. The van der Waals surface area contributed by atoms with Crippen molar-refractivity contribution in [1.29, 1.82) is 0 Å². The van der Waals surface area contributed by atoms with Crippen LogP contribution in [0.1, 0.15) is 24.6 Å². The zero-order valence-electron chi connectivity index (χ0n) is 14.8. The van der Waals surface area contributed by atoms with Gasteiger partial charge in [-0.1, -0.05) is 18.8 Å². The summed E-state index contributed by atoms with van der Waals surface area (Å²) in [6.07, 6.45) is 4.40. The van der Waals surface area contributed by atoms with Gasteiger partial charge in [-0.15, -0.1) is 23.1 Å². The first-order valence-electron chi connectivity index (χ1n) is 8.09. The molecule has 1 amide bonds. The molecule has 0 aliphatic heterocycles. The van der Waals surface area contributed by atoms with Crippen molar-refractivity contribution in [2.24, 2.45) is 5.92 Å². The van der Waals surface area contributed by atoms with E-state index in [9.17, 15) is 4.79 Å². The van der Waals surface area contributed by atoms with E-state index in [0.717, 1.165) is 4.88 Å². The Kier molecular flexibility index (Phi) is 7.67. The third-order valence-electron chi connectivity index (χ3n) is 4.04. The number of carbonyl (C=O) groups excluding carboxylic acids is 1. The lowest BCUT2D eigenvalue weighted by atomic mass is 10.3. The Bertz CT molecular complexity index is 603. The second-order valence-corrected chi connectivity index (χ2v) is 8.27. The van der Waals surface area contributed by atoms with E-state index in [1.807, 2.05) is 0 Å². The molecular formula is C16H25N5OS3. The van der Waals surface area contributed by atoms with Gasteiger partial charge in [0, 0.05) is 31.9 Å². The van der Waals surface area contributed by atoms with E-state index >= 15 is 0 Å². The molecule has 1 saturated carbocycles. The first kappa shape index (κ1) is 20.2. The highest BCUT2D eigenvalue weighted by Gasteiger charge is 2.28. The SMILES string of the molecule is C=C(C1CC1)N(C)C(C)NCSCC(=O)NN(C)C(=S)c1cncs1. The van der Waals surface area contributed by atoms with E-state index in [-0.39, 0.29) is 12.1 Å². The van der Waals surface area contributed by atoms with Crippen LogP contribution in [0.4, 0.5) is 0 Å². The molecular weight excluding hydrogens is 374 g/mol. The van der Waals surface area contributed by atoms with Gasteiger partial charge in [-0.25, -0.2) is 0 Å². The maximum atomic E-state index is 12.0. The van der Waals surface area contributed by atoms with Crippen molar-refractivity contribution in [2.75, 3.05) is 25.7 Å². The van der Waals surface area contributed by atoms with Gasteiger partial charge in [0.15, 0.2) is 0 Å². The van der Waals surface area contributed by atoms with E-state index in [1.165, 1.54) is 41.6 Å². The zero-order valence-corrected chi connectivity index (χ0v) is 17.3. The molecule has 1 fully saturated rings. The van der Waals surface area contributed by atoms with Gasteiger partial charge in [0.25, 0.3) is 0 Å². The van der Waals surface area contributed by atoms with E-state index < -0.39 is 0 Å². The molecule has 0 aromatic carbocycles. The number of nitrogens with one attached hydrogen (secondary N) is 2. The molecule has 1 unspecified atom stereocenters. The molecule has 0 saturated heterocycles. The predicted molar refractivity (Wildman–Crippen MR) is 109 cm³/mol. The largest absolute Gasteiger partial charge is 0.363 e. The molecule has 1 atom stereocenters. The fourth-order valence-electron chi connectivity index (χ4n) is 2.17. The van der Waals surface area contributed by atoms with Crippen molar-refractivity contribution in [3.8, 4) is 0 Å². The minimum atomic E-state index is -0.0791. The molecule has 1 aliphatic rings. The number of hydrogen-bond acceptors (Lipinski definition) is 7. The van der Waals surface area contributed by atoms with Gasteiger partial charge in [-0.3, -0.25) is 25.5 Å². The number of nitrogens with zero attached hydrogens (tertiary/aromatic N) is 3. The monoisotopic (exact) mass is 399 g/mol. The average Bonchev–Trinajstić information content (AvgIpc) is 3.30. The smallest absolute Gasteiger partial charge is 0.248 e. The summed E-state index contributed by atoms with van der Waals surface area (Å²) in [6.45, 7) is 6.26. The van der Waals surface area contributed by atoms with Gasteiger partial charge in [0.05, 0.1) is 22.3 Å². The lowest BCUT2D eigenvalue weighted by molar-refractivity contribution is -0.121. The highest BCUT2D eigenvalue weighted by atomic mass is 32.2. The number of aromatic nitrogens is 1. The Balaban J connectivity index is 1.61. The van der Waals surface area contributed by atoms with Crippen molar-refractivity contribution in [3.63, 3.8) is 0 Å². The summed E-state index contributed by atoms with van der Waals surface area (Å²) in [6, 6.07) is 0. The molecule has 2 rings (SSSR count). The second-order valence-electron chi connectivity index (χ2n) is 6.01. The number of thiazole rings is 1. The van der Waals surface area contributed by atoms with Crippen molar-refractivity contribution in [2.45, 2.75) is 25.9 Å². The maximum Gasteiger partial charge on any atom is 0.248 e. The molecule has 1 heterocycles. The second kappa shape index (κ2) is 9.51. The Hall–Kier alpha value is -1.16. The van der Waals surface area contributed by atoms with Crippen LogP contribution in [0, 0.1) is 5.92 Å². The Morgan fingerprint density at radius 2 is 2.28 bits per heavy atom. The number of hydrazine groups is 1. The molecule has 1 aromatic heterocycles. The number of hydrogen-bond donors (Lipinski definition) is 2. The summed E-state index contributed by atoms with van der Waals surface area (Å²) in [4.78, 5) is 19.6. The summed E-state index contributed by atoms with van der Waals surface area (Å²) in [5.41, 5.74) is 5.69. The summed E-state index contributed by atoms with van der Waals surface area (Å²) in [5.74, 6) is 1.64. The first-order chi connectivity index (χ1) is 11.9. The van der Waals surface area contributed by atoms with E-state index in [0.29, 0.717) is 22.5 Å². The van der Waals surface area contributed by atoms with Crippen LogP contribution >= 0.6 is 35.3 Å². The van der Waals surface area contributed by atoms with Gasteiger partial charge in [-0.05, 0) is 25.7 Å². The van der Waals surface area contributed by atoms with Gasteiger partial charge in [0.1, 0.15) is 4.99 Å². The molecule has 138 valence electrons. The molecule has 9 heteroatoms. The van der Waals surface area contributed by atoms with Crippen LogP contribution < -0.4 is 10.7 Å². The van der Waals surface area contributed by atoms with Gasteiger partial charge in [-0.2, -0.15) is 0 Å². The van der Waals surface area contributed by atoms with E-state index in [1.54, 1.807) is 23.8 Å². The number of thioether (sulfide) groups is 1. The van der Waals surface area contributed by atoms with Gasteiger partial charge >= 0.3 is 0 Å². The Morgan fingerprint density at radius 1 is 1.56 bits per heavy atom. The van der Waals surface area contributed by atoms with E-state index in [4.69, 9.17) is 12.2 Å². The Morgan fingerprint density at radius 3 is 2.88 bits per heavy atom. The molecule has 0 bridgehead atoms. The molecule has 6 nitrogen and oxygen atoms in total. The van der Waals surface area contributed by atoms with Crippen molar-refractivity contribution < 1.29 is 4.79 Å². The summed E-state index contributed by atoms with van der Waals surface area (Å²) >= 11 is 8.30. The molecule has 1 aromatic rings. The maximum absolute atomic E-state index is 12.0. The normalized spacial score (nSPS) is 14.7. The average molecular weight is 400 g/mol. The predicted octanol–water partition coefficient (Wildman–Crippen LogP) is 2.26. The van der Waals surface area contributed by atoms with Crippen LogP contribution in [0.15, 0.2) is 24.0 Å². The summed E-state index contributed by atoms with van der Waals surface area (Å²) in [5, 5.41) is 4.97. The number of carbonyl (C=O) groups is 1. The standard InChI is InChI=1S/C16H25N5OS3/c1-11(13-5-6-13)20(3)12(2)18-10-24-8-15(22)19-21(4)16(23)14-7-17-9-25-14/h7,9,12-13,18H,1,5-6,8,10H2,2-4H3,(H,19,22). The third kappa shape index (κ3) is 6.25. The number of amides is 1.